The number of fused-ring (bicyclic) bond motifs is 1. The van der Waals surface area contributed by atoms with E-state index in [1.807, 2.05) is 6.92 Å². The maximum Gasteiger partial charge on any atom is 0.185 e. The second kappa shape index (κ2) is 9.27. The van der Waals surface area contributed by atoms with Gasteiger partial charge in [-0.05, 0) is 43.0 Å². The standard InChI is InChI=1S/C24H27O6S2/c1-4-6-12-31(27,28)19-11-10-17-14-21(22(25)15-18(17)13-19)20-8-7-9-23(24(20)26)32(29,30)16(3)5-2/h7-11,13,16,23H,4-6,12,15H2,1-3H3. The van der Waals surface area contributed by atoms with Gasteiger partial charge in [-0.1, -0.05) is 44.6 Å². The number of hydrogen-bond donors (Lipinski definition) is 0. The minimum Gasteiger partial charge on any atom is -0.294 e. The molecule has 2 aliphatic carbocycles. The molecule has 0 bridgehead atoms. The Hall–Kier alpha value is -2.32. The third-order valence-corrected chi connectivity index (χ3v) is 10.3. The lowest BCUT2D eigenvalue weighted by Gasteiger charge is -2.23. The zero-order valence-corrected chi connectivity index (χ0v) is 20.1. The average Bonchev–Trinajstić information content (AvgIpc) is 2.76. The molecule has 2 aliphatic rings. The topological polar surface area (TPSA) is 102 Å². The lowest BCUT2D eigenvalue weighted by molar-refractivity contribution is -0.117. The summed E-state index contributed by atoms with van der Waals surface area (Å²) in [4.78, 5) is 26.1. The molecule has 0 saturated carbocycles. The van der Waals surface area contributed by atoms with Gasteiger partial charge in [-0.3, -0.25) is 9.59 Å². The Labute approximate surface area is 189 Å². The van der Waals surface area contributed by atoms with Gasteiger partial charge in [0.15, 0.2) is 31.2 Å². The zero-order valence-electron chi connectivity index (χ0n) is 18.4. The summed E-state index contributed by atoms with van der Waals surface area (Å²) in [6, 6.07) is 4.56. The molecule has 0 fully saturated rings. The van der Waals surface area contributed by atoms with Crippen molar-refractivity contribution in [2.75, 3.05) is 5.75 Å². The highest BCUT2D eigenvalue weighted by Crippen LogP contribution is 2.31. The van der Waals surface area contributed by atoms with E-state index >= 15 is 0 Å². The first-order valence-corrected chi connectivity index (χ1v) is 14.0. The molecule has 2 unspecified atom stereocenters. The fourth-order valence-corrected chi connectivity index (χ4v) is 6.89. The van der Waals surface area contributed by atoms with E-state index in [0.29, 0.717) is 24.0 Å². The van der Waals surface area contributed by atoms with Crippen LogP contribution in [0.15, 0.2) is 52.5 Å². The van der Waals surface area contributed by atoms with Crippen LogP contribution < -0.4 is 0 Å². The van der Waals surface area contributed by atoms with E-state index in [0.717, 1.165) is 6.42 Å². The van der Waals surface area contributed by atoms with E-state index in [1.165, 1.54) is 30.4 Å². The smallest absolute Gasteiger partial charge is 0.185 e. The minimum absolute atomic E-state index is 0.0275. The van der Waals surface area contributed by atoms with Gasteiger partial charge in [-0.15, -0.1) is 0 Å². The molecule has 32 heavy (non-hydrogen) atoms. The molecule has 1 radical (unpaired) electrons. The molecule has 1 aromatic rings. The minimum atomic E-state index is -3.74. The normalized spacial score (nSPS) is 19.9. The summed E-state index contributed by atoms with van der Waals surface area (Å²) >= 11 is 0. The van der Waals surface area contributed by atoms with Crippen LogP contribution in [0.5, 0.6) is 0 Å². The van der Waals surface area contributed by atoms with Gasteiger partial charge in [0.2, 0.25) is 0 Å². The molecule has 2 atom stereocenters. The maximum absolute atomic E-state index is 13.0. The van der Waals surface area contributed by atoms with Crippen molar-refractivity contribution in [3.05, 3.63) is 64.8 Å². The van der Waals surface area contributed by atoms with Crippen LogP contribution in [-0.2, 0) is 35.7 Å². The third-order valence-electron chi connectivity index (χ3n) is 5.92. The van der Waals surface area contributed by atoms with Crippen LogP contribution in [0.4, 0.5) is 0 Å². The Balaban J connectivity index is 1.96. The van der Waals surface area contributed by atoms with Crippen LogP contribution in [0.25, 0.3) is 0 Å². The van der Waals surface area contributed by atoms with E-state index < -0.39 is 41.7 Å². The molecule has 1 aromatic carbocycles. The van der Waals surface area contributed by atoms with E-state index in [2.05, 4.69) is 6.08 Å². The average molecular weight is 476 g/mol. The van der Waals surface area contributed by atoms with E-state index in [-0.39, 0.29) is 28.2 Å². The van der Waals surface area contributed by atoms with Crippen LogP contribution in [0, 0.1) is 6.08 Å². The predicted octanol–water partition coefficient (Wildman–Crippen LogP) is 3.11. The Kier molecular flexibility index (Phi) is 7.05. The molecule has 0 N–H and O–H groups in total. The monoisotopic (exact) mass is 475 g/mol. The Bertz CT molecular complexity index is 1250. The second-order valence-electron chi connectivity index (χ2n) is 8.15. The van der Waals surface area contributed by atoms with Gasteiger partial charge >= 0.3 is 0 Å². The van der Waals surface area contributed by atoms with Gasteiger partial charge in [-0.25, -0.2) is 16.8 Å². The van der Waals surface area contributed by atoms with Crippen LogP contribution in [0.1, 0.15) is 51.2 Å². The third kappa shape index (κ3) is 4.57. The highest BCUT2D eigenvalue weighted by Gasteiger charge is 2.39. The number of benzene rings is 1. The molecule has 8 heteroatoms. The van der Waals surface area contributed by atoms with Crippen LogP contribution >= 0.6 is 0 Å². The lowest BCUT2D eigenvalue weighted by Crippen LogP contribution is -2.38. The van der Waals surface area contributed by atoms with Gasteiger partial charge in [-0.2, -0.15) is 0 Å². The van der Waals surface area contributed by atoms with Crippen molar-refractivity contribution in [3.8, 4) is 0 Å². The van der Waals surface area contributed by atoms with Gasteiger partial charge < -0.3 is 0 Å². The van der Waals surface area contributed by atoms with Crippen LogP contribution in [0.2, 0.25) is 0 Å². The molecular formula is C24H27O6S2. The quantitative estimate of drug-likeness (QED) is 0.572. The zero-order chi connectivity index (χ0) is 23.7. The number of hydrogen-bond acceptors (Lipinski definition) is 6. The Morgan fingerprint density at radius 2 is 1.84 bits per heavy atom. The summed E-state index contributed by atoms with van der Waals surface area (Å²) < 4.78 is 50.5. The number of Topliss-reactive ketones (excluding diaryl/α,β-unsaturated/α-hetero) is 2. The number of allylic oxidation sites excluding steroid dienone is 4. The number of ketones is 2. The lowest BCUT2D eigenvalue weighted by atomic mass is 9.84. The van der Waals surface area contributed by atoms with Gasteiger partial charge in [0, 0.05) is 23.6 Å². The molecule has 3 rings (SSSR count). The van der Waals surface area contributed by atoms with Gasteiger partial charge in [0.25, 0.3) is 0 Å². The number of unbranched alkanes of at least 4 members (excludes halogenated alkanes) is 1. The van der Waals surface area contributed by atoms with Crippen LogP contribution in [-0.4, -0.2) is 44.7 Å². The number of sulfone groups is 2. The number of rotatable bonds is 8. The first kappa shape index (κ1) is 24.3. The van der Waals surface area contributed by atoms with Crippen molar-refractivity contribution >= 4 is 31.2 Å². The predicted molar refractivity (Wildman–Crippen MR) is 123 cm³/mol. The van der Waals surface area contributed by atoms with Crippen molar-refractivity contribution in [2.45, 2.75) is 61.8 Å². The highest BCUT2D eigenvalue weighted by atomic mass is 32.2. The summed E-state index contributed by atoms with van der Waals surface area (Å²) in [6.07, 6.45) is 8.83. The van der Waals surface area contributed by atoms with E-state index in [4.69, 9.17) is 0 Å². The summed E-state index contributed by atoms with van der Waals surface area (Å²) in [7, 11) is -7.17. The van der Waals surface area contributed by atoms with Gasteiger partial charge in [0.1, 0.15) is 5.25 Å². The Morgan fingerprint density at radius 1 is 1.12 bits per heavy atom. The molecule has 0 heterocycles. The van der Waals surface area contributed by atoms with Crippen molar-refractivity contribution in [1.82, 2.24) is 0 Å². The summed E-state index contributed by atoms with van der Waals surface area (Å²) in [5, 5.41) is -2.01. The number of carbonyl (C=O) groups excluding carboxylic acids is 2. The first-order valence-electron chi connectivity index (χ1n) is 10.7. The van der Waals surface area contributed by atoms with Gasteiger partial charge in [0.05, 0.1) is 15.9 Å². The SMILES string of the molecule is CCCCS(=O)(=O)c1ccc2c(c1)CC(=O)C(C1=CC=CC(S(=O)(=O)C(C)CC)C1=O)=[C]2. The molecule has 0 spiro atoms. The highest BCUT2D eigenvalue weighted by molar-refractivity contribution is 7.93. The van der Waals surface area contributed by atoms with E-state index in [1.54, 1.807) is 19.9 Å². The molecule has 0 saturated heterocycles. The fourth-order valence-electron chi connectivity index (χ4n) is 3.69. The molecular weight excluding hydrogens is 448 g/mol. The van der Waals surface area contributed by atoms with Crippen molar-refractivity contribution in [2.24, 2.45) is 0 Å². The second-order valence-corrected chi connectivity index (χ2v) is 12.7. The summed E-state index contributed by atoms with van der Waals surface area (Å²) in [6.45, 7) is 5.22. The molecule has 6 nitrogen and oxygen atoms in total. The molecule has 0 aliphatic heterocycles. The Morgan fingerprint density at radius 3 is 2.50 bits per heavy atom. The molecule has 0 amide bonds. The van der Waals surface area contributed by atoms with Crippen LogP contribution in [0.3, 0.4) is 0 Å². The fraction of sp³-hybridized carbons (Fsp3) is 0.417. The molecule has 171 valence electrons. The van der Waals surface area contributed by atoms with Crippen molar-refractivity contribution in [3.63, 3.8) is 0 Å². The van der Waals surface area contributed by atoms with Crippen molar-refractivity contribution < 1.29 is 26.4 Å². The largest absolute Gasteiger partial charge is 0.294 e. The first-order chi connectivity index (χ1) is 15.0. The maximum atomic E-state index is 13.0. The summed E-state index contributed by atoms with van der Waals surface area (Å²) in [5.74, 6) is -0.984. The van der Waals surface area contributed by atoms with E-state index in [9.17, 15) is 26.4 Å². The number of carbonyl (C=O) groups is 2. The molecule has 0 aromatic heterocycles. The van der Waals surface area contributed by atoms with Crippen molar-refractivity contribution in [1.29, 1.82) is 0 Å². The summed E-state index contributed by atoms with van der Waals surface area (Å²) in [5.41, 5.74) is 1.12.